The average molecular weight is 373 g/mol. The molecule has 7 heteroatoms. The number of aliphatic hydroxyl groups is 1. The fourth-order valence-corrected chi connectivity index (χ4v) is 5.08. The number of rotatable bonds is 3. The van der Waals surface area contributed by atoms with Gasteiger partial charge < -0.3 is 14.9 Å². The molecule has 27 heavy (non-hydrogen) atoms. The predicted octanol–water partition coefficient (Wildman–Crippen LogP) is 2.72. The number of piperidine rings is 1. The molecule has 1 atom stereocenters. The van der Waals surface area contributed by atoms with E-state index in [1.165, 1.54) is 12.1 Å². The van der Waals surface area contributed by atoms with Crippen LogP contribution in [0.2, 0.25) is 0 Å². The van der Waals surface area contributed by atoms with E-state index >= 15 is 0 Å². The van der Waals surface area contributed by atoms with Crippen molar-refractivity contribution in [2.45, 2.75) is 57.1 Å². The number of amides is 1. The molecule has 1 aliphatic carbocycles. The van der Waals surface area contributed by atoms with Crippen molar-refractivity contribution in [3.63, 3.8) is 0 Å². The second-order valence-electron chi connectivity index (χ2n) is 8.29. The Bertz CT molecular complexity index is 714. The minimum Gasteiger partial charge on any atom is -0.393 e. The van der Waals surface area contributed by atoms with Crippen LogP contribution in [-0.2, 0) is 4.79 Å². The van der Waals surface area contributed by atoms with Crippen molar-refractivity contribution in [2.75, 3.05) is 24.5 Å². The molecule has 7 nitrogen and oxygen atoms in total. The molecule has 3 aliphatic rings. The van der Waals surface area contributed by atoms with Crippen LogP contribution in [-0.4, -0.2) is 52.6 Å². The minimum atomic E-state index is -0.388. The van der Waals surface area contributed by atoms with Crippen LogP contribution >= 0.6 is 0 Å². The fourth-order valence-electron chi connectivity index (χ4n) is 5.08. The Morgan fingerprint density at radius 3 is 2.44 bits per heavy atom. The molecule has 2 saturated heterocycles. The van der Waals surface area contributed by atoms with Crippen molar-refractivity contribution in [3.05, 3.63) is 34.4 Å². The molecule has 1 amide bonds. The quantitative estimate of drug-likeness (QED) is 0.650. The molecule has 0 bridgehead atoms. The molecule has 1 N–H and O–H groups in total. The number of hydrogen-bond donors (Lipinski definition) is 1. The lowest BCUT2D eigenvalue weighted by molar-refractivity contribution is -0.384. The maximum atomic E-state index is 13.3. The van der Waals surface area contributed by atoms with E-state index in [9.17, 15) is 20.0 Å². The smallest absolute Gasteiger partial charge is 0.269 e. The number of non-ortho nitro benzene ring substituents is 1. The number of carbonyl (C=O) groups is 1. The van der Waals surface area contributed by atoms with Gasteiger partial charge in [0.05, 0.1) is 16.4 Å². The van der Waals surface area contributed by atoms with Gasteiger partial charge in [-0.3, -0.25) is 14.9 Å². The lowest BCUT2D eigenvalue weighted by Gasteiger charge is -2.41. The zero-order valence-electron chi connectivity index (χ0n) is 15.5. The van der Waals surface area contributed by atoms with Gasteiger partial charge in [-0.25, -0.2) is 0 Å². The molecule has 1 aromatic rings. The van der Waals surface area contributed by atoms with Crippen LogP contribution in [0.1, 0.15) is 44.9 Å². The Balaban J connectivity index is 1.47. The van der Waals surface area contributed by atoms with Crippen molar-refractivity contribution >= 4 is 17.3 Å². The first-order valence-electron chi connectivity index (χ1n) is 9.97. The van der Waals surface area contributed by atoms with Gasteiger partial charge in [0.1, 0.15) is 0 Å². The number of nitro benzene ring substituents is 1. The van der Waals surface area contributed by atoms with Gasteiger partial charge in [-0.2, -0.15) is 0 Å². The van der Waals surface area contributed by atoms with E-state index < -0.39 is 0 Å². The second-order valence-corrected chi connectivity index (χ2v) is 8.29. The van der Waals surface area contributed by atoms with Gasteiger partial charge >= 0.3 is 0 Å². The highest BCUT2D eigenvalue weighted by molar-refractivity contribution is 5.86. The summed E-state index contributed by atoms with van der Waals surface area (Å²) in [7, 11) is 0. The summed E-state index contributed by atoms with van der Waals surface area (Å²) in [5, 5.41) is 20.6. The molecule has 2 aliphatic heterocycles. The normalized spacial score (nSPS) is 31.5. The third-order valence-electron chi connectivity index (χ3n) is 6.66. The number of aliphatic hydroxyl groups excluding tert-OH is 1. The summed E-state index contributed by atoms with van der Waals surface area (Å²) in [5.74, 6) is 0.274. The summed E-state index contributed by atoms with van der Waals surface area (Å²) in [6, 6.07) is 6.92. The number of anilines is 1. The Morgan fingerprint density at radius 2 is 1.78 bits per heavy atom. The molecule has 4 rings (SSSR count). The number of hydrogen-bond acceptors (Lipinski definition) is 5. The molecule has 1 saturated carbocycles. The van der Waals surface area contributed by atoms with Gasteiger partial charge in [0.2, 0.25) is 5.91 Å². The molecule has 1 aromatic carbocycles. The van der Waals surface area contributed by atoms with Crippen molar-refractivity contribution in [2.24, 2.45) is 5.41 Å². The fraction of sp³-hybridized carbons (Fsp3) is 0.650. The lowest BCUT2D eigenvalue weighted by Crippen LogP contribution is -2.50. The van der Waals surface area contributed by atoms with Gasteiger partial charge in [0.15, 0.2) is 0 Å². The van der Waals surface area contributed by atoms with Crippen molar-refractivity contribution < 1.29 is 14.8 Å². The van der Waals surface area contributed by atoms with Gasteiger partial charge in [-0.05, 0) is 57.1 Å². The first-order valence-corrected chi connectivity index (χ1v) is 9.97. The second kappa shape index (κ2) is 7.11. The Labute approximate surface area is 159 Å². The third-order valence-corrected chi connectivity index (χ3v) is 6.66. The summed E-state index contributed by atoms with van der Waals surface area (Å²) in [5.41, 5.74) is 0.718. The van der Waals surface area contributed by atoms with Gasteiger partial charge in [0.25, 0.3) is 5.69 Å². The van der Waals surface area contributed by atoms with Gasteiger partial charge in [0, 0.05) is 43.5 Å². The van der Waals surface area contributed by atoms with Crippen LogP contribution < -0.4 is 4.90 Å². The largest absolute Gasteiger partial charge is 0.393 e. The van der Waals surface area contributed by atoms with Crippen LogP contribution in [0.5, 0.6) is 0 Å². The van der Waals surface area contributed by atoms with Crippen molar-refractivity contribution in [3.8, 4) is 0 Å². The Morgan fingerprint density at radius 1 is 1.07 bits per heavy atom. The highest BCUT2D eigenvalue weighted by Gasteiger charge is 2.50. The molecule has 3 fully saturated rings. The van der Waals surface area contributed by atoms with Crippen LogP contribution in [0.3, 0.4) is 0 Å². The van der Waals surface area contributed by atoms with Crippen molar-refractivity contribution in [1.82, 2.24) is 4.90 Å². The predicted molar refractivity (Wildman–Crippen MR) is 102 cm³/mol. The summed E-state index contributed by atoms with van der Waals surface area (Å²) < 4.78 is 0. The third kappa shape index (κ3) is 3.40. The SMILES string of the molecule is O=C1N([C@H]2CC[C@H](O)CC2)CCC12CCCN(c1ccc([N+](=O)[O-])cc1)C2. The minimum absolute atomic E-state index is 0.0908. The van der Waals surface area contributed by atoms with E-state index in [-0.39, 0.29) is 34.1 Å². The lowest BCUT2D eigenvalue weighted by atomic mass is 9.78. The van der Waals surface area contributed by atoms with E-state index in [2.05, 4.69) is 9.80 Å². The number of benzene rings is 1. The first-order chi connectivity index (χ1) is 13.0. The summed E-state index contributed by atoms with van der Waals surface area (Å²) >= 11 is 0. The summed E-state index contributed by atoms with van der Waals surface area (Å²) in [6.07, 6.45) is 5.92. The molecule has 1 spiro atoms. The Hall–Kier alpha value is -2.15. The van der Waals surface area contributed by atoms with Crippen molar-refractivity contribution in [1.29, 1.82) is 0 Å². The van der Waals surface area contributed by atoms with Crippen LogP contribution in [0.25, 0.3) is 0 Å². The molecule has 1 unspecified atom stereocenters. The zero-order valence-corrected chi connectivity index (χ0v) is 15.5. The van der Waals surface area contributed by atoms with E-state index in [1.54, 1.807) is 12.1 Å². The number of carbonyl (C=O) groups excluding carboxylic acids is 1. The molecule has 0 aromatic heterocycles. The molecule has 2 heterocycles. The number of likely N-dealkylation sites (tertiary alicyclic amines) is 1. The number of nitro groups is 1. The first kappa shape index (κ1) is 18.2. The molecular weight excluding hydrogens is 346 g/mol. The highest BCUT2D eigenvalue weighted by atomic mass is 16.6. The average Bonchev–Trinajstić information content (AvgIpc) is 2.98. The van der Waals surface area contributed by atoms with Gasteiger partial charge in [-0.15, -0.1) is 0 Å². The maximum Gasteiger partial charge on any atom is 0.269 e. The molecule has 0 radical (unpaired) electrons. The van der Waals surface area contributed by atoms with E-state index in [0.717, 1.165) is 63.7 Å². The van der Waals surface area contributed by atoms with E-state index in [1.807, 2.05) is 0 Å². The van der Waals surface area contributed by atoms with E-state index in [4.69, 9.17) is 0 Å². The monoisotopic (exact) mass is 373 g/mol. The highest BCUT2D eigenvalue weighted by Crippen LogP contribution is 2.43. The standard InChI is InChI=1S/C20H27N3O4/c24-18-8-6-16(7-9-18)22-13-11-20(19(22)25)10-1-12-21(14-20)15-2-4-17(5-3-15)23(26)27/h2-5,16,18,24H,1,6-14H2/t16-,18-,20?. The molecular formula is C20H27N3O4. The Kier molecular flexibility index (Phi) is 4.80. The van der Waals surface area contributed by atoms with Crippen LogP contribution in [0.15, 0.2) is 24.3 Å². The van der Waals surface area contributed by atoms with Crippen LogP contribution in [0, 0.1) is 15.5 Å². The van der Waals surface area contributed by atoms with Gasteiger partial charge in [-0.1, -0.05) is 0 Å². The molecule has 146 valence electrons. The van der Waals surface area contributed by atoms with Crippen LogP contribution in [0.4, 0.5) is 11.4 Å². The van der Waals surface area contributed by atoms with E-state index in [0.29, 0.717) is 6.54 Å². The number of nitrogens with zero attached hydrogens (tertiary/aromatic N) is 3. The summed E-state index contributed by atoms with van der Waals surface area (Å²) in [6.45, 7) is 2.38. The maximum absolute atomic E-state index is 13.3. The zero-order chi connectivity index (χ0) is 19.0. The topological polar surface area (TPSA) is 86.9 Å². The summed E-state index contributed by atoms with van der Waals surface area (Å²) in [4.78, 5) is 28.1.